The van der Waals surface area contributed by atoms with Crippen LogP contribution in [0.5, 0.6) is 0 Å². The molecule has 0 spiro atoms. The van der Waals surface area contributed by atoms with Crippen LogP contribution < -0.4 is 5.32 Å². The van der Waals surface area contributed by atoms with Crippen LogP contribution >= 0.6 is 15.9 Å². The molecule has 1 rings (SSSR count). The molecule has 0 amide bonds. The molecule has 1 aromatic carbocycles. The van der Waals surface area contributed by atoms with Crippen LogP contribution in [0.25, 0.3) is 0 Å². The average molecular weight is 314 g/mol. The van der Waals surface area contributed by atoms with Crippen LogP contribution in [0.3, 0.4) is 0 Å². The van der Waals surface area contributed by atoms with Crippen LogP contribution in [-0.4, -0.2) is 18.6 Å². The second-order valence-electron chi connectivity index (χ2n) is 4.35. The lowest BCUT2D eigenvalue weighted by Gasteiger charge is -2.20. The molecule has 0 saturated heterocycles. The Bertz CT molecular complexity index is 395. The number of hydrogen-bond acceptors (Lipinski definition) is 3. The number of halogens is 1. The molecule has 0 fully saturated rings. The number of ether oxygens (including phenoxy) is 1. The van der Waals surface area contributed by atoms with Crippen molar-refractivity contribution in [2.24, 2.45) is 0 Å². The predicted molar refractivity (Wildman–Crippen MR) is 76.4 cm³/mol. The zero-order valence-electron chi connectivity index (χ0n) is 11.1. The molecule has 1 aromatic rings. The Labute approximate surface area is 117 Å². The average Bonchev–Trinajstić information content (AvgIpc) is 2.28. The van der Waals surface area contributed by atoms with Crippen molar-refractivity contribution in [2.75, 3.05) is 6.61 Å². The highest BCUT2D eigenvalue weighted by molar-refractivity contribution is 9.10. The number of hydrogen-bond donors (Lipinski definition) is 1. The zero-order valence-corrected chi connectivity index (χ0v) is 12.7. The molecule has 2 atom stereocenters. The van der Waals surface area contributed by atoms with Gasteiger partial charge in [-0.1, -0.05) is 28.1 Å². The fourth-order valence-electron chi connectivity index (χ4n) is 1.83. The third-order valence-corrected chi connectivity index (χ3v) is 3.15. The van der Waals surface area contributed by atoms with Crippen LogP contribution in [0.4, 0.5) is 0 Å². The Morgan fingerprint density at radius 2 is 2.17 bits per heavy atom. The highest BCUT2D eigenvalue weighted by Crippen LogP contribution is 2.18. The minimum absolute atomic E-state index is 0.0954. The quantitative estimate of drug-likeness (QED) is 0.818. The normalized spacial score (nSPS) is 14.0. The molecule has 4 heteroatoms. The maximum Gasteiger partial charge on any atom is 0.307 e. The summed E-state index contributed by atoms with van der Waals surface area (Å²) in [4.78, 5) is 11.4. The van der Waals surface area contributed by atoms with Crippen LogP contribution in [0.15, 0.2) is 28.7 Å². The smallest absolute Gasteiger partial charge is 0.307 e. The molecule has 100 valence electrons. The van der Waals surface area contributed by atoms with E-state index in [2.05, 4.69) is 40.3 Å². The molecular formula is C14H20BrNO2. The molecule has 0 aliphatic rings. The first-order chi connectivity index (χ1) is 8.52. The van der Waals surface area contributed by atoms with Gasteiger partial charge in [-0.2, -0.15) is 0 Å². The molecule has 0 bridgehead atoms. The summed E-state index contributed by atoms with van der Waals surface area (Å²) in [6, 6.07) is 8.45. The highest BCUT2D eigenvalue weighted by atomic mass is 79.9. The van der Waals surface area contributed by atoms with E-state index in [1.807, 2.05) is 26.0 Å². The van der Waals surface area contributed by atoms with E-state index >= 15 is 0 Å². The van der Waals surface area contributed by atoms with Gasteiger partial charge in [-0.3, -0.25) is 4.79 Å². The largest absolute Gasteiger partial charge is 0.466 e. The second-order valence-corrected chi connectivity index (χ2v) is 5.27. The number of benzene rings is 1. The topological polar surface area (TPSA) is 38.3 Å². The Balaban J connectivity index is 2.49. The van der Waals surface area contributed by atoms with Crippen LogP contribution in [-0.2, 0) is 9.53 Å². The van der Waals surface area contributed by atoms with Gasteiger partial charge < -0.3 is 10.1 Å². The van der Waals surface area contributed by atoms with Crippen molar-refractivity contribution in [2.45, 2.75) is 39.3 Å². The Kier molecular flexibility index (Phi) is 6.36. The van der Waals surface area contributed by atoms with Gasteiger partial charge >= 0.3 is 5.97 Å². The van der Waals surface area contributed by atoms with Crippen molar-refractivity contribution in [1.82, 2.24) is 5.32 Å². The molecule has 0 radical (unpaired) electrons. The summed E-state index contributed by atoms with van der Waals surface area (Å²) in [5, 5.41) is 3.39. The summed E-state index contributed by atoms with van der Waals surface area (Å²) in [7, 11) is 0. The molecule has 18 heavy (non-hydrogen) atoms. The monoisotopic (exact) mass is 313 g/mol. The molecular weight excluding hydrogens is 294 g/mol. The summed E-state index contributed by atoms with van der Waals surface area (Å²) in [5.41, 5.74) is 1.19. The number of carbonyl (C=O) groups is 1. The number of carbonyl (C=O) groups excluding carboxylic acids is 1. The van der Waals surface area contributed by atoms with Crippen LogP contribution in [0.1, 0.15) is 38.8 Å². The van der Waals surface area contributed by atoms with Gasteiger partial charge in [0.05, 0.1) is 13.0 Å². The molecule has 0 aliphatic heterocycles. The minimum atomic E-state index is -0.154. The predicted octanol–water partition coefficient (Wildman–Crippen LogP) is 3.44. The molecule has 0 saturated carbocycles. The van der Waals surface area contributed by atoms with E-state index in [0.29, 0.717) is 13.0 Å². The van der Waals surface area contributed by atoms with E-state index < -0.39 is 0 Å². The summed E-state index contributed by atoms with van der Waals surface area (Å²) in [5.74, 6) is -0.154. The van der Waals surface area contributed by atoms with E-state index in [1.54, 1.807) is 0 Å². The summed E-state index contributed by atoms with van der Waals surface area (Å²) in [6.45, 7) is 6.34. The fraction of sp³-hybridized carbons (Fsp3) is 0.500. The van der Waals surface area contributed by atoms with Crippen molar-refractivity contribution in [3.8, 4) is 0 Å². The number of nitrogens with one attached hydrogen (secondary N) is 1. The maximum atomic E-state index is 11.4. The summed E-state index contributed by atoms with van der Waals surface area (Å²) in [6.07, 6.45) is 0.395. The second kappa shape index (κ2) is 7.54. The van der Waals surface area contributed by atoms with Gasteiger partial charge in [0.1, 0.15) is 0 Å². The maximum absolute atomic E-state index is 11.4. The number of rotatable bonds is 6. The van der Waals surface area contributed by atoms with Crippen LogP contribution in [0.2, 0.25) is 0 Å². The highest BCUT2D eigenvalue weighted by Gasteiger charge is 2.13. The number of esters is 1. The van der Waals surface area contributed by atoms with Crippen molar-refractivity contribution in [3.63, 3.8) is 0 Å². The lowest BCUT2D eigenvalue weighted by atomic mass is 10.1. The third-order valence-electron chi connectivity index (χ3n) is 2.66. The van der Waals surface area contributed by atoms with Crippen molar-refractivity contribution in [3.05, 3.63) is 34.3 Å². The van der Waals surface area contributed by atoms with Gasteiger partial charge in [-0.15, -0.1) is 0 Å². The Morgan fingerprint density at radius 3 is 2.78 bits per heavy atom. The summed E-state index contributed by atoms with van der Waals surface area (Å²) >= 11 is 3.46. The van der Waals surface area contributed by atoms with Gasteiger partial charge in [0.2, 0.25) is 0 Å². The van der Waals surface area contributed by atoms with Gasteiger partial charge in [-0.25, -0.2) is 0 Å². The first-order valence-electron chi connectivity index (χ1n) is 6.20. The fourth-order valence-corrected chi connectivity index (χ4v) is 2.24. The van der Waals surface area contributed by atoms with Gasteiger partial charge in [0.15, 0.2) is 0 Å². The van der Waals surface area contributed by atoms with Crippen molar-refractivity contribution >= 4 is 21.9 Å². The van der Waals surface area contributed by atoms with Crippen LogP contribution in [0, 0.1) is 0 Å². The van der Waals surface area contributed by atoms with Crippen molar-refractivity contribution < 1.29 is 9.53 Å². The van der Waals surface area contributed by atoms with Gasteiger partial charge in [0.25, 0.3) is 0 Å². The molecule has 0 heterocycles. The SMILES string of the molecule is CCOC(=O)CC(C)N[C@H](C)c1cccc(Br)c1. The lowest BCUT2D eigenvalue weighted by molar-refractivity contribution is -0.143. The first-order valence-corrected chi connectivity index (χ1v) is 6.99. The lowest BCUT2D eigenvalue weighted by Crippen LogP contribution is -2.31. The van der Waals surface area contributed by atoms with E-state index in [9.17, 15) is 4.79 Å². The van der Waals surface area contributed by atoms with E-state index in [0.717, 1.165) is 4.47 Å². The molecule has 3 nitrogen and oxygen atoms in total. The van der Waals surface area contributed by atoms with E-state index in [1.165, 1.54) is 5.56 Å². The van der Waals surface area contributed by atoms with Gasteiger partial charge in [0, 0.05) is 16.6 Å². The standard InChI is InChI=1S/C14H20BrNO2/c1-4-18-14(17)8-10(2)16-11(3)12-6-5-7-13(15)9-12/h5-7,9-11,16H,4,8H2,1-3H3/t10?,11-/m1/s1. The van der Waals surface area contributed by atoms with Gasteiger partial charge in [-0.05, 0) is 38.5 Å². The molecule has 1 N–H and O–H groups in total. The minimum Gasteiger partial charge on any atom is -0.466 e. The first kappa shape index (κ1) is 15.2. The Hall–Kier alpha value is -0.870. The summed E-state index contributed by atoms with van der Waals surface area (Å²) < 4.78 is 5.99. The zero-order chi connectivity index (χ0) is 13.5. The van der Waals surface area contributed by atoms with E-state index in [-0.39, 0.29) is 18.1 Å². The molecule has 0 aliphatic carbocycles. The molecule has 1 unspecified atom stereocenters. The molecule has 0 aromatic heterocycles. The third kappa shape index (κ3) is 5.19. The van der Waals surface area contributed by atoms with Crippen molar-refractivity contribution in [1.29, 1.82) is 0 Å². The Morgan fingerprint density at radius 1 is 1.44 bits per heavy atom. The van der Waals surface area contributed by atoms with E-state index in [4.69, 9.17) is 4.74 Å².